The number of benzene rings is 2. The van der Waals surface area contributed by atoms with Crippen LogP contribution in [0.15, 0.2) is 55.1 Å². The molecule has 0 unspecified atom stereocenters. The van der Waals surface area contributed by atoms with Gasteiger partial charge in [-0.25, -0.2) is 0 Å². The van der Waals surface area contributed by atoms with Gasteiger partial charge in [0.25, 0.3) is 5.91 Å². The Bertz CT molecular complexity index is 869. The summed E-state index contributed by atoms with van der Waals surface area (Å²) >= 11 is 0. The van der Waals surface area contributed by atoms with E-state index in [1.807, 2.05) is 0 Å². The normalized spacial score (nSPS) is 14.9. The van der Waals surface area contributed by atoms with Gasteiger partial charge in [-0.1, -0.05) is 36.9 Å². The van der Waals surface area contributed by atoms with Crippen molar-refractivity contribution >= 4 is 17.5 Å². The number of nitrogens with zero attached hydrogens (tertiary/aromatic N) is 1. The molecule has 1 aliphatic heterocycles. The van der Waals surface area contributed by atoms with Crippen LogP contribution in [0.25, 0.3) is 5.70 Å². The van der Waals surface area contributed by atoms with E-state index in [0.29, 0.717) is 22.4 Å². The fraction of sp³-hybridized carbons (Fsp3) is 0.200. The fourth-order valence-corrected chi connectivity index (χ4v) is 2.98. The number of hydrogen-bond acceptors (Lipinski definition) is 2. The Kier molecular flexibility index (Phi) is 4.78. The average molecular weight is 374 g/mol. The monoisotopic (exact) mass is 374 g/mol. The van der Waals surface area contributed by atoms with E-state index in [4.69, 9.17) is 0 Å². The van der Waals surface area contributed by atoms with Gasteiger partial charge >= 0.3 is 6.18 Å². The van der Waals surface area contributed by atoms with Crippen LogP contribution in [0.2, 0.25) is 0 Å². The van der Waals surface area contributed by atoms with Gasteiger partial charge in [-0.2, -0.15) is 13.2 Å². The second kappa shape index (κ2) is 6.90. The summed E-state index contributed by atoms with van der Waals surface area (Å²) in [7, 11) is 0. The predicted octanol–water partition coefficient (Wildman–Crippen LogP) is 3.84. The highest BCUT2D eigenvalue weighted by atomic mass is 19.4. The van der Waals surface area contributed by atoms with Crippen LogP contribution >= 0.6 is 0 Å². The zero-order valence-electron chi connectivity index (χ0n) is 14.5. The molecular weight excluding hydrogens is 357 g/mol. The highest BCUT2D eigenvalue weighted by Gasteiger charge is 2.36. The van der Waals surface area contributed by atoms with Crippen molar-refractivity contribution in [1.29, 1.82) is 0 Å². The Labute approximate surface area is 154 Å². The Morgan fingerprint density at radius 2 is 1.70 bits per heavy atom. The maximum absolute atomic E-state index is 12.6. The molecule has 2 amide bonds. The molecule has 27 heavy (non-hydrogen) atoms. The number of hydrogen-bond donors (Lipinski definition) is 1. The Morgan fingerprint density at radius 3 is 2.26 bits per heavy atom. The average Bonchev–Trinajstić information content (AvgIpc) is 2.90. The van der Waals surface area contributed by atoms with Crippen LogP contribution in [0.5, 0.6) is 0 Å². The summed E-state index contributed by atoms with van der Waals surface area (Å²) in [6.07, 6.45) is -4.40. The second-order valence-corrected chi connectivity index (χ2v) is 6.26. The van der Waals surface area contributed by atoms with Crippen LogP contribution in [-0.4, -0.2) is 22.8 Å². The molecule has 2 aromatic carbocycles. The van der Waals surface area contributed by atoms with Gasteiger partial charge in [0.1, 0.15) is 6.04 Å². The third kappa shape index (κ3) is 3.58. The third-order valence-corrected chi connectivity index (χ3v) is 4.49. The lowest BCUT2D eigenvalue weighted by Gasteiger charge is -2.24. The van der Waals surface area contributed by atoms with Gasteiger partial charge in [-0.15, -0.1) is 0 Å². The van der Waals surface area contributed by atoms with Crippen molar-refractivity contribution in [2.75, 3.05) is 0 Å². The predicted molar refractivity (Wildman–Crippen MR) is 94.4 cm³/mol. The molecule has 0 saturated heterocycles. The molecule has 7 heteroatoms. The molecule has 1 N–H and O–H groups in total. The first-order valence-electron chi connectivity index (χ1n) is 8.26. The summed E-state index contributed by atoms with van der Waals surface area (Å²) in [6.45, 7) is 5.54. The lowest BCUT2D eigenvalue weighted by molar-refractivity contribution is -0.137. The van der Waals surface area contributed by atoms with Crippen molar-refractivity contribution in [3.05, 3.63) is 77.4 Å². The van der Waals surface area contributed by atoms with Crippen LogP contribution in [0.4, 0.5) is 13.2 Å². The van der Waals surface area contributed by atoms with Crippen molar-refractivity contribution in [3.63, 3.8) is 0 Å². The van der Waals surface area contributed by atoms with Gasteiger partial charge in [0, 0.05) is 23.4 Å². The molecule has 4 nitrogen and oxygen atoms in total. The van der Waals surface area contributed by atoms with E-state index in [2.05, 4.69) is 11.9 Å². The second-order valence-electron chi connectivity index (χ2n) is 6.26. The molecule has 0 aromatic heterocycles. The van der Waals surface area contributed by atoms with Crippen LogP contribution in [-0.2, 0) is 17.5 Å². The van der Waals surface area contributed by atoms with Gasteiger partial charge in [-0.05, 0) is 30.7 Å². The summed E-state index contributed by atoms with van der Waals surface area (Å²) in [5, 5.41) is 2.65. The van der Waals surface area contributed by atoms with Crippen molar-refractivity contribution in [3.8, 4) is 0 Å². The van der Waals surface area contributed by atoms with E-state index in [1.165, 1.54) is 17.0 Å². The molecule has 0 fully saturated rings. The molecular formula is C20H17F3N2O2. The summed E-state index contributed by atoms with van der Waals surface area (Å²) in [6, 6.07) is 10.7. The summed E-state index contributed by atoms with van der Waals surface area (Å²) in [4.78, 5) is 26.3. The quantitative estimate of drug-likeness (QED) is 0.884. The first kappa shape index (κ1) is 18.7. The maximum atomic E-state index is 12.6. The topological polar surface area (TPSA) is 49.4 Å². The minimum Gasteiger partial charge on any atom is -0.350 e. The van der Waals surface area contributed by atoms with Crippen molar-refractivity contribution < 1.29 is 22.8 Å². The molecule has 2 aromatic rings. The SMILES string of the molecule is C=C1c2ccccc2C(=O)N1[C@@H](C)C(=O)NCc1ccc(C(F)(F)F)cc1. The van der Waals surface area contributed by atoms with E-state index in [9.17, 15) is 22.8 Å². The number of alkyl halides is 3. The van der Waals surface area contributed by atoms with Crippen LogP contribution in [0, 0.1) is 0 Å². The largest absolute Gasteiger partial charge is 0.416 e. The van der Waals surface area contributed by atoms with Crippen molar-refractivity contribution in [2.24, 2.45) is 0 Å². The number of carbonyl (C=O) groups is 2. The number of carbonyl (C=O) groups excluding carboxylic acids is 2. The van der Waals surface area contributed by atoms with E-state index in [0.717, 1.165) is 12.1 Å². The van der Waals surface area contributed by atoms with Gasteiger partial charge in [0.05, 0.1) is 5.56 Å². The minimum atomic E-state index is -4.40. The molecule has 1 atom stereocenters. The molecule has 0 bridgehead atoms. The fourth-order valence-electron chi connectivity index (χ4n) is 2.98. The lowest BCUT2D eigenvalue weighted by atomic mass is 10.1. The zero-order valence-corrected chi connectivity index (χ0v) is 14.5. The highest BCUT2D eigenvalue weighted by Crippen LogP contribution is 2.33. The molecule has 0 saturated carbocycles. The Morgan fingerprint density at radius 1 is 1.11 bits per heavy atom. The first-order chi connectivity index (χ1) is 12.7. The summed E-state index contributed by atoms with van der Waals surface area (Å²) in [5.41, 5.74) is 1.41. The maximum Gasteiger partial charge on any atom is 0.416 e. The summed E-state index contributed by atoms with van der Waals surface area (Å²) in [5.74, 6) is -0.718. The van der Waals surface area contributed by atoms with Crippen molar-refractivity contribution in [1.82, 2.24) is 10.2 Å². The molecule has 1 heterocycles. The zero-order chi connectivity index (χ0) is 19.8. The Balaban J connectivity index is 1.65. The van der Waals surface area contributed by atoms with Crippen LogP contribution in [0.3, 0.4) is 0 Å². The number of fused-ring (bicyclic) bond motifs is 1. The molecule has 1 aliphatic rings. The standard InChI is InChI=1S/C20H17F3N2O2/c1-12-16-5-3-4-6-17(16)19(27)25(12)13(2)18(26)24-11-14-7-9-15(10-8-14)20(21,22)23/h3-10,13H,1,11H2,2H3,(H,24,26)/t13-/m0/s1. The van der Waals surface area contributed by atoms with E-state index in [-0.39, 0.29) is 12.5 Å². The third-order valence-electron chi connectivity index (χ3n) is 4.49. The Hall–Kier alpha value is -3.09. The van der Waals surface area contributed by atoms with Crippen molar-refractivity contribution in [2.45, 2.75) is 25.7 Å². The van der Waals surface area contributed by atoms with Crippen LogP contribution in [0.1, 0.15) is 34.0 Å². The first-order valence-corrected chi connectivity index (χ1v) is 8.26. The number of halogens is 3. The van der Waals surface area contributed by atoms with E-state index < -0.39 is 23.7 Å². The molecule has 0 aliphatic carbocycles. The van der Waals surface area contributed by atoms with Gasteiger partial charge in [0.2, 0.25) is 5.91 Å². The lowest BCUT2D eigenvalue weighted by Crippen LogP contribution is -2.44. The number of nitrogens with one attached hydrogen (secondary N) is 1. The van der Waals surface area contributed by atoms with E-state index >= 15 is 0 Å². The minimum absolute atomic E-state index is 0.0583. The van der Waals surface area contributed by atoms with Gasteiger partial charge in [-0.3, -0.25) is 14.5 Å². The molecule has 3 rings (SSSR count). The molecule has 140 valence electrons. The van der Waals surface area contributed by atoms with Crippen LogP contribution < -0.4 is 5.32 Å². The number of amides is 2. The molecule has 0 radical (unpaired) electrons. The van der Waals surface area contributed by atoms with E-state index in [1.54, 1.807) is 31.2 Å². The number of rotatable bonds is 4. The molecule has 0 spiro atoms. The van der Waals surface area contributed by atoms with Gasteiger partial charge < -0.3 is 5.32 Å². The smallest absolute Gasteiger partial charge is 0.350 e. The highest BCUT2D eigenvalue weighted by molar-refractivity contribution is 6.10. The van der Waals surface area contributed by atoms with Gasteiger partial charge in [0.15, 0.2) is 0 Å². The summed E-state index contributed by atoms with van der Waals surface area (Å²) < 4.78 is 37.7.